The van der Waals surface area contributed by atoms with Gasteiger partial charge in [-0.25, -0.2) is 10.8 Å². The Labute approximate surface area is 117 Å². The van der Waals surface area contributed by atoms with Gasteiger partial charge in [-0.1, -0.05) is 27.7 Å². The molecule has 0 spiro atoms. The predicted octanol–water partition coefficient (Wildman–Crippen LogP) is 2.64. The Morgan fingerprint density at radius 2 is 1.83 bits per heavy atom. The van der Waals surface area contributed by atoms with Gasteiger partial charge in [0.1, 0.15) is 5.82 Å². The number of hydrogen-bond acceptors (Lipinski definition) is 5. The van der Waals surface area contributed by atoms with E-state index in [1.54, 1.807) is 6.20 Å². The van der Waals surface area contributed by atoms with Crippen molar-refractivity contribution in [3.63, 3.8) is 0 Å². The molecule has 0 aromatic carbocycles. The Kier molecular flexibility index (Phi) is 5.81. The summed E-state index contributed by atoms with van der Waals surface area (Å²) in [4.78, 5) is 10.8. The van der Waals surface area contributed by atoms with E-state index in [0.29, 0.717) is 17.8 Å². The van der Waals surface area contributed by atoms with E-state index in [4.69, 9.17) is 5.84 Å². The van der Waals surface area contributed by atoms with Gasteiger partial charge in [-0.15, -0.1) is 0 Å². The molecule has 5 nitrogen and oxygen atoms in total. The number of aromatic nitrogens is 2. The minimum Gasteiger partial charge on any atom is -0.355 e. The van der Waals surface area contributed by atoms with Crippen LogP contribution in [0.5, 0.6) is 0 Å². The van der Waals surface area contributed by atoms with Gasteiger partial charge in [0, 0.05) is 19.3 Å². The van der Waals surface area contributed by atoms with Crippen LogP contribution < -0.4 is 16.2 Å². The van der Waals surface area contributed by atoms with Crippen LogP contribution in [-0.4, -0.2) is 23.1 Å². The molecular weight excluding hydrogens is 294 g/mol. The molecule has 0 bridgehead atoms. The standard InChI is InChI=1S/C12H22BrN5/c1-8(2)6-18(7-9(3)4)11-10(13)5-15-12(16-11)17-14/h5,8-9H,6-7,14H2,1-4H3,(H,15,16,17). The van der Waals surface area contributed by atoms with Crippen molar-refractivity contribution in [2.24, 2.45) is 17.7 Å². The number of hydrogen-bond donors (Lipinski definition) is 2. The number of nitrogen functional groups attached to an aromatic ring is 1. The summed E-state index contributed by atoms with van der Waals surface area (Å²) in [7, 11) is 0. The number of halogens is 1. The molecule has 18 heavy (non-hydrogen) atoms. The van der Waals surface area contributed by atoms with E-state index in [1.165, 1.54) is 0 Å². The highest BCUT2D eigenvalue weighted by molar-refractivity contribution is 9.10. The van der Waals surface area contributed by atoms with Gasteiger partial charge < -0.3 is 4.90 Å². The maximum atomic E-state index is 5.36. The molecule has 6 heteroatoms. The van der Waals surface area contributed by atoms with Gasteiger partial charge in [0.05, 0.1) is 4.47 Å². The van der Waals surface area contributed by atoms with Crippen molar-refractivity contribution in [1.29, 1.82) is 0 Å². The molecule has 102 valence electrons. The van der Waals surface area contributed by atoms with E-state index in [0.717, 1.165) is 23.4 Å². The first-order chi connectivity index (χ1) is 8.43. The van der Waals surface area contributed by atoms with E-state index in [1.807, 2.05) is 0 Å². The fourth-order valence-corrected chi connectivity index (χ4v) is 2.22. The second-order valence-corrected chi connectivity index (χ2v) is 6.06. The van der Waals surface area contributed by atoms with E-state index >= 15 is 0 Å². The lowest BCUT2D eigenvalue weighted by molar-refractivity contribution is 0.548. The van der Waals surface area contributed by atoms with E-state index < -0.39 is 0 Å². The van der Waals surface area contributed by atoms with Gasteiger partial charge in [0.25, 0.3) is 0 Å². The van der Waals surface area contributed by atoms with Gasteiger partial charge in [-0.3, -0.25) is 5.43 Å². The minimum atomic E-state index is 0.436. The van der Waals surface area contributed by atoms with Crippen LogP contribution in [0.15, 0.2) is 10.7 Å². The summed E-state index contributed by atoms with van der Waals surface area (Å²) in [5.74, 6) is 7.83. The lowest BCUT2D eigenvalue weighted by Crippen LogP contribution is -2.32. The second-order valence-electron chi connectivity index (χ2n) is 5.20. The summed E-state index contributed by atoms with van der Waals surface area (Å²) in [5.41, 5.74) is 2.49. The average Bonchev–Trinajstić information content (AvgIpc) is 2.27. The molecule has 1 heterocycles. The first-order valence-corrected chi connectivity index (χ1v) is 6.97. The molecule has 0 atom stereocenters. The molecule has 0 fully saturated rings. The molecule has 0 saturated carbocycles. The van der Waals surface area contributed by atoms with Crippen molar-refractivity contribution < 1.29 is 0 Å². The van der Waals surface area contributed by atoms with Crippen molar-refractivity contribution >= 4 is 27.7 Å². The highest BCUT2D eigenvalue weighted by atomic mass is 79.9. The van der Waals surface area contributed by atoms with Crippen LogP contribution in [0.3, 0.4) is 0 Å². The summed E-state index contributed by atoms with van der Waals surface area (Å²) in [6.07, 6.45) is 1.73. The number of hydrazine groups is 1. The molecular formula is C12H22BrN5. The predicted molar refractivity (Wildman–Crippen MR) is 79.4 cm³/mol. The van der Waals surface area contributed by atoms with E-state index in [-0.39, 0.29) is 0 Å². The van der Waals surface area contributed by atoms with Crippen LogP contribution >= 0.6 is 15.9 Å². The van der Waals surface area contributed by atoms with Crippen molar-refractivity contribution in [3.8, 4) is 0 Å². The van der Waals surface area contributed by atoms with Crippen LogP contribution in [0.2, 0.25) is 0 Å². The topological polar surface area (TPSA) is 67.1 Å². The summed E-state index contributed by atoms with van der Waals surface area (Å²) in [5, 5.41) is 0. The largest absolute Gasteiger partial charge is 0.355 e. The zero-order chi connectivity index (χ0) is 13.7. The highest BCUT2D eigenvalue weighted by Gasteiger charge is 2.16. The Bertz CT molecular complexity index is 371. The normalized spacial score (nSPS) is 11.1. The van der Waals surface area contributed by atoms with Gasteiger partial charge >= 0.3 is 0 Å². The second kappa shape index (κ2) is 6.89. The fraction of sp³-hybridized carbons (Fsp3) is 0.667. The molecule has 0 aliphatic rings. The van der Waals surface area contributed by atoms with Crippen LogP contribution in [0.4, 0.5) is 11.8 Å². The molecule has 0 aliphatic heterocycles. The zero-order valence-corrected chi connectivity index (χ0v) is 13.0. The maximum Gasteiger partial charge on any atom is 0.239 e. The lowest BCUT2D eigenvalue weighted by Gasteiger charge is -2.28. The van der Waals surface area contributed by atoms with Gasteiger partial charge in [-0.2, -0.15) is 4.98 Å². The first kappa shape index (κ1) is 15.2. The van der Waals surface area contributed by atoms with Gasteiger partial charge in [0.2, 0.25) is 5.95 Å². The first-order valence-electron chi connectivity index (χ1n) is 6.18. The Morgan fingerprint density at radius 1 is 1.28 bits per heavy atom. The van der Waals surface area contributed by atoms with Crippen molar-refractivity contribution in [3.05, 3.63) is 10.7 Å². The number of anilines is 2. The smallest absolute Gasteiger partial charge is 0.239 e. The number of rotatable bonds is 6. The summed E-state index contributed by atoms with van der Waals surface area (Å²) >= 11 is 3.50. The van der Waals surface area contributed by atoms with Crippen molar-refractivity contribution in [2.45, 2.75) is 27.7 Å². The summed E-state index contributed by atoms with van der Waals surface area (Å²) in [6, 6.07) is 0. The van der Waals surface area contributed by atoms with E-state index in [2.05, 4.69) is 63.9 Å². The molecule has 0 saturated heterocycles. The van der Waals surface area contributed by atoms with Crippen LogP contribution in [0, 0.1) is 11.8 Å². The number of nitrogens with two attached hydrogens (primary N) is 1. The molecule has 0 aliphatic carbocycles. The Balaban J connectivity index is 3.02. The van der Waals surface area contributed by atoms with Gasteiger partial charge in [-0.05, 0) is 27.8 Å². The molecule has 1 rings (SSSR count). The molecule has 1 aromatic rings. The SMILES string of the molecule is CC(C)CN(CC(C)C)c1nc(NN)ncc1Br. The third kappa shape index (κ3) is 4.42. The van der Waals surface area contributed by atoms with Crippen LogP contribution in [-0.2, 0) is 0 Å². The lowest BCUT2D eigenvalue weighted by atomic mass is 10.1. The zero-order valence-electron chi connectivity index (χ0n) is 11.4. The number of nitrogens with one attached hydrogen (secondary N) is 1. The molecule has 0 radical (unpaired) electrons. The average molecular weight is 316 g/mol. The molecule has 1 aromatic heterocycles. The van der Waals surface area contributed by atoms with Crippen molar-refractivity contribution in [2.75, 3.05) is 23.4 Å². The molecule has 3 N–H and O–H groups in total. The van der Waals surface area contributed by atoms with Crippen molar-refractivity contribution in [1.82, 2.24) is 9.97 Å². The summed E-state index contributed by atoms with van der Waals surface area (Å²) < 4.78 is 0.891. The summed E-state index contributed by atoms with van der Waals surface area (Å²) in [6.45, 7) is 10.7. The Morgan fingerprint density at radius 3 is 2.28 bits per heavy atom. The third-order valence-corrected chi connectivity index (χ3v) is 2.88. The van der Waals surface area contributed by atoms with Crippen LogP contribution in [0.25, 0.3) is 0 Å². The fourth-order valence-electron chi connectivity index (χ4n) is 1.78. The monoisotopic (exact) mass is 315 g/mol. The number of nitrogens with zero attached hydrogens (tertiary/aromatic N) is 3. The maximum absolute atomic E-state index is 5.36. The molecule has 0 unspecified atom stereocenters. The quantitative estimate of drug-likeness (QED) is 0.624. The molecule has 0 amide bonds. The van der Waals surface area contributed by atoms with Crippen LogP contribution in [0.1, 0.15) is 27.7 Å². The van der Waals surface area contributed by atoms with Gasteiger partial charge in [0.15, 0.2) is 0 Å². The van der Waals surface area contributed by atoms with E-state index in [9.17, 15) is 0 Å². The Hall–Kier alpha value is -0.880. The minimum absolute atomic E-state index is 0.436. The third-order valence-electron chi connectivity index (χ3n) is 2.33. The highest BCUT2D eigenvalue weighted by Crippen LogP contribution is 2.25.